The molecule has 224 valence electrons. The molecule has 3 aliphatic rings. The summed E-state index contributed by atoms with van der Waals surface area (Å²) in [4.78, 5) is 2.56. The number of nitrogens with zero attached hydrogens (tertiary/aromatic N) is 1. The molecule has 3 aromatic carbocycles. The van der Waals surface area contributed by atoms with Gasteiger partial charge in [-0.2, -0.15) is 0 Å². The zero-order valence-electron chi connectivity index (χ0n) is 25.6. The number of fused-ring (bicyclic) bond motifs is 1. The molecule has 0 bridgehead atoms. The van der Waals surface area contributed by atoms with E-state index in [0.29, 0.717) is 11.3 Å². The van der Waals surface area contributed by atoms with Gasteiger partial charge in [-0.25, -0.2) is 0 Å². The quantitative estimate of drug-likeness (QED) is 0.243. The van der Waals surface area contributed by atoms with Crippen molar-refractivity contribution in [3.05, 3.63) is 82.9 Å². The molecule has 5 heteroatoms. The third-order valence-electron chi connectivity index (χ3n) is 9.83. The molecular weight excluding hydrogens is 520 g/mol. The van der Waals surface area contributed by atoms with Crippen LogP contribution in [-0.4, -0.2) is 51.9 Å². The van der Waals surface area contributed by atoms with Crippen molar-refractivity contribution in [2.75, 3.05) is 52.3 Å². The molecule has 1 heterocycles. The fourth-order valence-corrected chi connectivity index (χ4v) is 6.96. The van der Waals surface area contributed by atoms with E-state index < -0.39 is 0 Å². The summed E-state index contributed by atoms with van der Waals surface area (Å²) < 4.78 is 17.2. The molecule has 0 aromatic heterocycles. The largest absolute Gasteiger partial charge is 0.497 e. The summed E-state index contributed by atoms with van der Waals surface area (Å²) in [6, 6.07) is 22.0. The molecule has 1 saturated carbocycles. The highest BCUT2D eigenvalue weighted by Gasteiger charge is 2.42. The summed E-state index contributed by atoms with van der Waals surface area (Å²) in [6.07, 6.45) is 12.4. The van der Waals surface area contributed by atoms with Crippen molar-refractivity contribution in [1.29, 1.82) is 0 Å². The Morgan fingerprint density at radius 2 is 1.52 bits per heavy atom. The second kappa shape index (κ2) is 13.4. The Kier molecular flexibility index (Phi) is 9.24. The summed E-state index contributed by atoms with van der Waals surface area (Å²) in [5, 5.41) is 3.90. The molecule has 2 fully saturated rings. The van der Waals surface area contributed by atoms with E-state index in [2.05, 4.69) is 70.9 Å². The normalized spacial score (nSPS) is 19.8. The van der Waals surface area contributed by atoms with Gasteiger partial charge in [-0.1, -0.05) is 37.1 Å². The third kappa shape index (κ3) is 7.23. The van der Waals surface area contributed by atoms with Gasteiger partial charge in [0.15, 0.2) is 0 Å². The van der Waals surface area contributed by atoms with Crippen molar-refractivity contribution >= 4 is 5.69 Å². The number of likely N-dealkylation sites (tertiary alicyclic amines) is 1. The maximum Gasteiger partial charge on any atom is 0.120 e. The Bertz CT molecular complexity index is 1310. The molecule has 2 aliphatic carbocycles. The van der Waals surface area contributed by atoms with Crippen molar-refractivity contribution < 1.29 is 14.2 Å². The van der Waals surface area contributed by atoms with Gasteiger partial charge in [0.05, 0.1) is 14.2 Å². The standard InChI is InChI=1S/C37H48N2O3/c1-40-33-14-11-29-23-31(10-9-30(29)24-33)35-16-15-34(41-2)25-36(35)38-27-37(17-18-37)26-28-7-12-32(13-8-28)42-22-21-39-19-5-3-4-6-20-39/h7-8,11-16,24-25,31,38H,3-6,9-10,17-23,26-27H2,1-2H3. The lowest BCUT2D eigenvalue weighted by Gasteiger charge is -2.28. The predicted molar refractivity (Wildman–Crippen MR) is 171 cm³/mol. The smallest absolute Gasteiger partial charge is 0.120 e. The number of hydrogen-bond acceptors (Lipinski definition) is 5. The van der Waals surface area contributed by atoms with Crippen molar-refractivity contribution in [2.24, 2.45) is 5.41 Å². The van der Waals surface area contributed by atoms with Gasteiger partial charge >= 0.3 is 0 Å². The minimum Gasteiger partial charge on any atom is -0.497 e. The Morgan fingerprint density at radius 3 is 2.26 bits per heavy atom. The van der Waals surface area contributed by atoms with Crippen LogP contribution in [0.15, 0.2) is 60.7 Å². The topological polar surface area (TPSA) is 43.0 Å². The number of nitrogens with one attached hydrogen (secondary N) is 1. The fourth-order valence-electron chi connectivity index (χ4n) is 6.96. The summed E-state index contributed by atoms with van der Waals surface area (Å²) in [7, 11) is 3.51. The van der Waals surface area contributed by atoms with Gasteiger partial charge in [0.2, 0.25) is 0 Å². The molecule has 3 aromatic rings. The second-order valence-electron chi connectivity index (χ2n) is 12.8. The molecule has 1 aliphatic heterocycles. The molecule has 0 radical (unpaired) electrons. The molecule has 0 spiro atoms. The number of methoxy groups -OCH3 is 2. The third-order valence-corrected chi connectivity index (χ3v) is 9.83. The zero-order valence-corrected chi connectivity index (χ0v) is 25.6. The minimum absolute atomic E-state index is 0.325. The van der Waals surface area contributed by atoms with Gasteiger partial charge < -0.3 is 19.5 Å². The van der Waals surface area contributed by atoms with Crippen LogP contribution in [0.25, 0.3) is 0 Å². The predicted octanol–water partition coefficient (Wildman–Crippen LogP) is 7.67. The highest BCUT2D eigenvalue weighted by Crippen LogP contribution is 2.49. The van der Waals surface area contributed by atoms with Crippen molar-refractivity contribution in [2.45, 2.75) is 70.1 Å². The molecule has 0 amide bonds. The van der Waals surface area contributed by atoms with Crippen LogP contribution in [-0.2, 0) is 19.3 Å². The van der Waals surface area contributed by atoms with E-state index in [-0.39, 0.29) is 0 Å². The molecule has 1 unspecified atom stereocenters. The molecule has 1 N–H and O–H groups in total. The van der Waals surface area contributed by atoms with Crippen LogP contribution in [0.5, 0.6) is 17.2 Å². The summed E-state index contributed by atoms with van der Waals surface area (Å²) in [5.74, 6) is 3.36. The lowest BCUT2D eigenvalue weighted by Crippen LogP contribution is -2.29. The summed E-state index contributed by atoms with van der Waals surface area (Å²) in [5.41, 5.74) is 7.25. The van der Waals surface area contributed by atoms with Crippen LogP contribution in [0.3, 0.4) is 0 Å². The average molecular weight is 569 g/mol. The first kappa shape index (κ1) is 28.9. The zero-order chi connectivity index (χ0) is 28.8. The van der Waals surface area contributed by atoms with Gasteiger partial charge in [0, 0.05) is 24.8 Å². The molecule has 42 heavy (non-hydrogen) atoms. The molecular formula is C37H48N2O3. The monoisotopic (exact) mass is 568 g/mol. The first-order valence-electron chi connectivity index (χ1n) is 16.1. The molecule has 1 saturated heterocycles. The Labute approximate surface area is 252 Å². The number of anilines is 1. The Morgan fingerprint density at radius 1 is 0.810 bits per heavy atom. The van der Waals surface area contributed by atoms with Gasteiger partial charge in [-0.3, -0.25) is 4.90 Å². The Hall–Kier alpha value is -3.18. The van der Waals surface area contributed by atoms with Gasteiger partial charge in [-0.05, 0) is 128 Å². The fraction of sp³-hybridized carbons (Fsp3) is 0.514. The van der Waals surface area contributed by atoms with E-state index in [1.807, 2.05) is 0 Å². The maximum atomic E-state index is 6.11. The lowest BCUT2D eigenvalue weighted by atomic mass is 9.79. The van der Waals surface area contributed by atoms with Crippen LogP contribution >= 0.6 is 0 Å². The first-order valence-corrected chi connectivity index (χ1v) is 16.1. The highest BCUT2D eigenvalue weighted by atomic mass is 16.5. The van der Waals surface area contributed by atoms with E-state index in [9.17, 15) is 0 Å². The van der Waals surface area contributed by atoms with Crippen LogP contribution in [0.4, 0.5) is 5.69 Å². The van der Waals surface area contributed by atoms with E-state index >= 15 is 0 Å². The average Bonchev–Trinajstić information content (AvgIpc) is 3.84. The van der Waals surface area contributed by atoms with Gasteiger partial charge in [0.25, 0.3) is 0 Å². The van der Waals surface area contributed by atoms with Crippen LogP contribution < -0.4 is 19.5 Å². The summed E-state index contributed by atoms with van der Waals surface area (Å²) in [6.45, 7) is 5.24. The lowest BCUT2D eigenvalue weighted by molar-refractivity contribution is 0.214. The number of aryl methyl sites for hydroxylation is 1. The maximum absolute atomic E-state index is 6.11. The minimum atomic E-state index is 0.325. The van der Waals surface area contributed by atoms with E-state index in [0.717, 1.165) is 62.6 Å². The molecule has 1 atom stereocenters. The molecule has 5 nitrogen and oxygen atoms in total. The van der Waals surface area contributed by atoms with Crippen LogP contribution in [0, 0.1) is 5.41 Å². The van der Waals surface area contributed by atoms with Crippen molar-refractivity contribution in [3.63, 3.8) is 0 Å². The number of rotatable bonds is 12. The SMILES string of the molecule is COc1ccc2c(c1)CCC(c1ccc(OC)cc1NCC1(Cc3ccc(OCCN4CCCCCC4)cc3)CC1)C2. The van der Waals surface area contributed by atoms with Crippen molar-refractivity contribution in [3.8, 4) is 17.2 Å². The first-order chi connectivity index (χ1) is 20.6. The highest BCUT2D eigenvalue weighted by molar-refractivity contribution is 5.58. The van der Waals surface area contributed by atoms with Crippen LogP contribution in [0.1, 0.15) is 73.1 Å². The van der Waals surface area contributed by atoms with Crippen molar-refractivity contribution in [1.82, 2.24) is 4.90 Å². The van der Waals surface area contributed by atoms with Gasteiger partial charge in [-0.15, -0.1) is 0 Å². The van der Waals surface area contributed by atoms with E-state index in [1.165, 1.54) is 79.6 Å². The van der Waals surface area contributed by atoms with Crippen LogP contribution in [0.2, 0.25) is 0 Å². The summed E-state index contributed by atoms with van der Waals surface area (Å²) >= 11 is 0. The van der Waals surface area contributed by atoms with Gasteiger partial charge in [0.1, 0.15) is 23.9 Å². The second-order valence-corrected chi connectivity index (χ2v) is 12.8. The van der Waals surface area contributed by atoms with E-state index in [1.54, 1.807) is 14.2 Å². The number of hydrogen-bond donors (Lipinski definition) is 1. The number of benzene rings is 3. The molecule has 6 rings (SSSR count). The number of ether oxygens (including phenoxy) is 3. The van der Waals surface area contributed by atoms with E-state index in [4.69, 9.17) is 14.2 Å². The Balaban J connectivity index is 1.05.